The van der Waals surface area contributed by atoms with Gasteiger partial charge >= 0.3 is 0 Å². The summed E-state index contributed by atoms with van der Waals surface area (Å²) in [7, 11) is 2.09. The molecule has 1 aliphatic heterocycles. The molecule has 0 aromatic carbocycles. The van der Waals surface area contributed by atoms with E-state index in [9.17, 15) is 0 Å². The van der Waals surface area contributed by atoms with E-state index in [4.69, 9.17) is 4.98 Å². The fourth-order valence-electron chi connectivity index (χ4n) is 2.69. The normalized spacial score (nSPS) is 18.7. The predicted molar refractivity (Wildman–Crippen MR) is 86.1 cm³/mol. The molecule has 0 unspecified atom stereocenters. The Morgan fingerprint density at radius 2 is 1.90 bits per heavy atom. The van der Waals surface area contributed by atoms with Gasteiger partial charge in [0.25, 0.3) is 0 Å². The number of hydrogen-bond acceptors (Lipinski definition) is 6. The monoisotopic (exact) mass is 290 g/mol. The van der Waals surface area contributed by atoms with Crippen molar-refractivity contribution in [3.8, 4) is 0 Å². The van der Waals surface area contributed by atoms with Gasteiger partial charge in [0.15, 0.2) is 0 Å². The van der Waals surface area contributed by atoms with Gasteiger partial charge < -0.3 is 15.1 Å². The van der Waals surface area contributed by atoms with Crippen molar-refractivity contribution in [2.24, 2.45) is 0 Å². The quantitative estimate of drug-likeness (QED) is 0.867. The number of anilines is 3. The summed E-state index contributed by atoms with van der Waals surface area (Å²) >= 11 is 0. The Bertz CT molecular complexity index is 467. The van der Waals surface area contributed by atoms with Crippen molar-refractivity contribution in [1.82, 2.24) is 15.0 Å². The molecule has 1 aliphatic carbocycles. The highest BCUT2D eigenvalue weighted by Crippen LogP contribution is 2.29. The van der Waals surface area contributed by atoms with Gasteiger partial charge in [-0.3, -0.25) is 0 Å². The topological polar surface area (TPSA) is 57.2 Å². The molecule has 1 aromatic heterocycles. The first-order chi connectivity index (χ1) is 10.3. The molecule has 0 bridgehead atoms. The van der Waals surface area contributed by atoms with Gasteiger partial charge in [-0.1, -0.05) is 6.92 Å². The largest absolute Gasteiger partial charge is 0.354 e. The van der Waals surface area contributed by atoms with Gasteiger partial charge in [-0.05, 0) is 38.5 Å². The van der Waals surface area contributed by atoms with E-state index in [1.807, 2.05) is 0 Å². The van der Waals surface area contributed by atoms with Crippen LogP contribution in [0.15, 0.2) is 0 Å². The Balaban J connectivity index is 1.83. The van der Waals surface area contributed by atoms with E-state index in [0.717, 1.165) is 43.9 Å². The lowest BCUT2D eigenvalue weighted by atomic mass is 10.1. The van der Waals surface area contributed by atoms with E-state index < -0.39 is 0 Å². The number of nitrogens with zero attached hydrogens (tertiary/aromatic N) is 5. The second-order valence-corrected chi connectivity index (χ2v) is 6.08. The van der Waals surface area contributed by atoms with Crippen LogP contribution in [0.2, 0.25) is 0 Å². The van der Waals surface area contributed by atoms with E-state index >= 15 is 0 Å². The van der Waals surface area contributed by atoms with Crippen LogP contribution in [-0.2, 0) is 0 Å². The number of rotatable bonds is 6. The van der Waals surface area contributed by atoms with Gasteiger partial charge in [-0.2, -0.15) is 15.0 Å². The first-order valence-electron chi connectivity index (χ1n) is 8.25. The highest BCUT2D eigenvalue weighted by Gasteiger charge is 2.29. The van der Waals surface area contributed by atoms with Crippen molar-refractivity contribution in [2.45, 2.75) is 51.5 Å². The van der Waals surface area contributed by atoms with Crippen molar-refractivity contribution in [2.75, 3.05) is 41.8 Å². The average Bonchev–Trinajstić information content (AvgIpc) is 3.37. The highest BCUT2D eigenvalue weighted by molar-refractivity contribution is 5.46. The molecule has 21 heavy (non-hydrogen) atoms. The lowest BCUT2D eigenvalue weighted by Crippen LogP contribution is -2.32. The lowest BCUT2D eigenvalue weighted by molar-refractivity contribution is 0.567. The summed E-state index contributed by atoms with van der Waals surface area (Å²) in [5, 5.41) is 3.31. The predicted octanol–water partition coefficient (Wildman–Crippen LogP) is 2.28. The standard InChI is InChI=1S/C15H26N6/c1-3-9-16-13-17-14(20(2)12-7-8-12)19-15(18-13)21-10-5-4-6-11-21/h12H,3-11H2,1-2H3,(H,16,17,18,19). The van der Waals surface area contributed by atoms with E-state index in [1.54, 1.807) is 0 Å². The Labute approximate surface area is 127 Å². The van der Waals surface area contributed by atoms with Crippen LogP contribution < -0.4 is 15.1 Å². The fraction of sp³-hybridized carbons (Fsp3) is 0.800. The van der Waals surface area contributed by atoms with Crippen molar-refractivity contribution in [3.63, 3.8) is 0 Å². The number of aromatic nitrogens is 3. The molecule has 1 aromatic rings. The molecule has 2 fully saturated rings. The third kappa shape index (κ3) is 3.54. The van der Waals surface area contributed by atoms with E-state index in [0.29, 0.717) is 6.04 Å². The van der Waals surface area contributed by atoms with Crippen LogP contribution in [0.25, 0.3) is 0 Å². The molecular formula is C15H26N6. The van der Waals surface area contributed by atoms with E-state index in [2.05, 4.69) is 39.1 Å². The summed E-state index contributed by atoms with van der Waals surface area (Å²) in [6, 6.07) is 0.612. The van der Waals surface area contributed by atoms with Crippen LogP contribution in [-0.4, -0.2) is 47.7 Å². The summed E-state index contributed by atoms with van der Waals surface area (Å²) in [6.45, 7) is 5.17. The van der Waals surface area contributed by atoms with Crippen molar-refractivity contribution < 1.29 is 0 Å². The van der Waals surface area contributed by atoms with Crippen molar-refractivity contribution >= 4 is 17.8 Å². The summed E-state index contributed by atoms with van der Waals surface area (Å²) in [6.07, 6.45) is 7.35. The Kier molecular flexibility index (Phi) is 4.41. The third-order valence-corrected chi connectivity index (χ3v) is 4.19. The Morgan fingerprint density at radius 1 is 1.14 bits per heavy atom. The van der Waals surface area contributed by atoms with Crippen LogP contribution >= 0.6 is 0 Å². The van der Waals surface area contributed by atoms with Crippen LogP contribution in [0.3, 0.4) is 0 Å². The molecule has 0 amide bonds. The first kappa shape index (κ1) is 14.4. The SMILES string of the molecule is CCCNc1nc(N2CCCCC2)nc(N(C)C2CC2)n1. The van der Waals surface area contributed by atoms with Crippen LogP contribution in [0, 0.1) is 0 Å². The highest BCUT2D eigenvalue weighted by atomic mass is 15.4. The Hall–Kier alpha value is -1.59. The second-order valence-electron chi connectivity index (χ2n) is 6.08. The minimum atomic E-state index is 0.612. The zero-order valence-electron chi connectivity index (χ0n) is 13.2. The molecule has 0 spiro atoms. The maximum atomic E-state index is 4.72. The fourth-order valence-corrected chi connectivity index (χ4v) is 2.69. The summed E-state index contributed by atoms with van der Waals surface area (Å²) in [5.74, 6) is 2.37. The molecule has 3 rings (SSSR count). The minimum Gasteiger partial charge on any atom is -0.354 e. The molecule has 6 nitrogen and oxygen atoms in total. The summed E-state index contributed by atoms with van der Waals surface area (Å²) in [5.41, 5.74) is 0. The molecule has 116 valence electrons. The maximum absolute atomic E-state index is 4.72. The molecule has 2 aliphatic rings. The van der Waals surface area contributed by atoms with Crippen LogP contribution in [0.4, 0.5) is 17.8 Å². The van der Waals surface area contributed by atoms with Gasteiger partial charge in [0.1, 0.15) is 0 Å². The van der Waals surface area contributed by atoms with Gasteiger partial charge in [0, 0.05) is 32.7 Å². The van der Waals surface area contributed by atoms with Gasteiger partial charge in [-0.25, -0.2) is 0 Å². The molecule has 1 saturated carbocycles. The molecule has 6 heteroatoms. The minimum absolute atomic E-state index is 0.612. The molecule has 0 atom stereocenters. The van der Waals surface area contributed by atoms with E-state index in [1.165, 1.54) is 32.1 Å². The number of piperidine rings is 1. The van der Waals surface area contributed by atoms with Crippen LogP contribution in [0.5, 0.6) is 0 Å². The zero-order valence-corrected chi connectivity index (χ0v) is 13.2. The summed E-state index contributed by atoms with van der Waals surface area (Å²) < 4.78 is 0. The van der Waals surface area contributed by atoms with Crippen LogP contribution in [0.1, 0.15) is 45.4 Å². The number of hydrogen-bond donors (Lipinski definition) is 1. The van der Waals surface area contributed by atoms with Gasteiger partial charge in [-0.15, -0.1) is 0 Å². The molecule has 2 heterocycles. The van der Waals surface area contributed by atoms with Gasteiger partial charge in [0.2, 0.25) is 17.8 Å². The molecular weight excluding hydrogens is 264 g/mol. The van der Waals surface area contributed by atoms with E-state index in [-0.39, 0.29) is 0 Å². The zero-order chi connectivity index (χ0) is 14.7. The molecule has 1 N–H and O–H groups in total. The average molecular weight is 290 g/mol. The molecule has 1 saturated heterocycles. The van der Waals surface area contributed by atoms with Crippen molar-refractivity contribution in [3.05, 3.63) is 0 Å². The molecule has 0 radical (unpaired) electrons. The smallest absolute Gasteiger partial charge is 0.231 e. The third-order valence-electron chi connectivity index (χ3n) is 4.19. The number of nitrogens with one attached hydrogen (secondary N) is 1. The second kappa shape index (κ2) is 6.45. The van der Waals surface area contributed by atoms with Crippen molar-refractivity contribution in [1.29, 1.82) is 0 Å². The maximum Gasteiger partial charge on any atom is 0.231 e. The lowest BCUT2D eigenvalue weighted by Gasteiger charge is -2.28. The first-order valence-corrected chi connectivity index (χ1v) is 8.25. The van der Waals surface area contributed by atoms with Gasteiger partial charge in [0.05, 0.1) is 0 Å². The Morgan fingerprint density at radius 3 is 2.57 bits per heavy atom. The summed E-state index contributed by atoms with van der Waals surface area (Å²) in [4.78, 5) is 18.4.